The van der Waals surface area contributed by atoms with Gasteiger partial charge in [0, 0.05) is 11.9 Å². The van der Waals surface area contributed by atoms with E-state index in [-0.39, 0.29) is 0 Å². The van der Waals surface area contributed by atoms with Gasteiger partial charge in [0.15, 0.2) is 12.1 Å². The number of aliphatic hydroxyl groups excluding tert-OH is 1. The molecule has 4 heteroatoms. The Hall–Kier alpha value is -1.42. The van der Waals surface area contributed by atoms with Gasteiger partial charge in [-0.25, -0.2) is 4.99 Å². The zero-order valence-electron chi connectivity index (χ0n) is 8.52. The fourth-order valence-corrected chi connectivity index (χ4v) is 1.46. The van der Waals surface area contributed by atoms with E-state index in [2.05, 4.69) is 9.98 Å². The van der Waals surface area contributed by atoms with Crippen LogP contribution in [-0.2, 0) is 0 Å². The van der Waals surface area contributed by atoms with E-state index in [4.69, 9.17) is 0 Å². The first-order valence-corrected chi connectivity index (χ1v) is 4.54. The SMILES string of the molecule is CC1=CN2C(=NC(C)=C(C)C2O)C=N1. The van der Waals surface area contributed by atoms with Gasteiger partial charge in [0.05, 0.1) is 11.9 Å². The Labute approximate surface area is 83.0 Å². The summed E-state index contributed by atoms with van der Waals surface area (Å²) in [5.41, 5.74) is 2.62. The molecule has 0 radical (unpaired) electrons. The number of rotatable bonds is 0. The minimum Gasteiger partial charge on any atom is -0.369 e. The molecule has 0 aliphatic carbocycles. The minimum absolute atomic E-state index is 0.607. The van der Waals surface area contributed by atoms with Gasteiger partial charge < -0.3 is 5.11 Å². The molecule has 0 amide bonds. The van der Waals surface area contributed by atoms with E-state index in [1.165, 1.54) is 0 Å². The van der Waals surface area contributed by atoms with Gasteiger partial charge >= 0.3 is 0 Å². The van der Waals surface area contributed by atoms with Crippen LogP contribution in [0, 0.1) is 0 Å². The second-order valence-corrected chi connectivity index (χ2v) is 3.55. The quantitative estimate of drug-likeness (QED) is 0.626. The number of aliphatic imine (C=N–C) groups is 2. The maximum atomic E-state index is 9.94. The van der Waals surface area contributed by atoms with Gasteiger partial charge in [0.25, 0.3) is 0 Å². The molecule has 2 aliphatic heterocycles. The summed E-state index contributed by atoms with van der Waals surface area (Å²) in [4.78, 5) is 10.2. The van der Waals surface area contributed by atoms with Gasteiger partial charge in [-0.15, -0.1) is 0 Å². The largest absolute Gasteiger partial charge is 0.369 e. The molecular formula is C10H13N3O. The van der Waals surface area contributed by atoms with E-state index in [0.29, 0.717) is 5.84 Å². The fourth-order valence-electron chi connectivity index (χ4n) is 1.46. The summed E-state index contributed by atoms with van der Waals surface area (Å²) >= 11 is 0. The van der Waals surface area contributed by atoms with Crippen molar-refractivity contribution in [3.8, 4) is 0 Å². The molecule has 14 heavy (non-hydrogen) atoms. The van der Waals surface area contributed by atoms with Crippen molar-refractivity contribution in [2.75, 3.05) is 0 Å². The smallest absolute Gasteiger partial charge is 0.156 e. The summed E-state index contributed by atoms with van der Waals surface area (Å²) in [6.07, 6.45) is 2.87. The zero-order chi connectivity index (χ0) is 10.3. The number of allylic oxidation sites excluding steroid dienone is 2. The van der Waals surface area contributed by atoms with Crippen molar-refractivity contribution in [1.82, 2.24) is 4.90 Å². The molecule has 2 aliphatic rings. The van der Waals surface area contributed by atoms with E-state index >= 15 is 0 Å². The van der Waals surface area contributed by atoms with E-state index < -0.39 is 6.23 Å². The van der Waals surface area contributed by atoms with Crippen molar-refractivity contribution >= 4 is 12.1 Å². The van der Waals surface area contributed by atoms with Crippen LogP contribution in [0.25, 0.3) is 0 Å². The van der Waals surface area contributed by atoms with Crippen LogP contribution in [0.15, 0.2) is 33.2 Å². The number of aliphatic hydroxyl groups is 1. The topological polar surface area (TPSA) is 48.2 Å². The Bertz CT molecular complexity index is 390. The highest BCUT2D eigenvalue weighted by atomic mass is 16.3. The van der Waals surface area contributed by atoms with Crippen LogP contribution in [0.1, 0.15) is 20.8 Å². The molecule has 4 nitrogen and oxygen atoms in total. The van der Waals surface area contributed by atoms with Crippen LogP contribution in [0.5, 0.6) is 0 Å². The Morgan fingerprint density at radius 3 is 2.79 bits per heavy atom. The average Bonchev–Trinajstić information content (AvgIpc) is 2.16. The van der Waals surface area contributed by atoms with Crippen LogP contribution in [0.3, 0.4) is 0 Å². The molecular weight excluding hydrogens is 178 g/mol. The number of nitrogens with zero attached hydrogens (tertiary/aromatic N) is 3. The molecule has 0 fully saturated rings. The van der Waals surface area contributed by atoms with Crippen LogP contribution < -0.4 is 0 Å². The highest BCUT2D eigenvalue weighted by Gasteiger charge is 2.25. The first kappa shape index (κ1) is 9.15. The summed E-state index contributed by atoms with van der Waals surface area (Å²) in [5, 5.41) is 9.94. The second-order valence-electron chi connectivity index (χ2n) is 3.55. The summed E-state index contributed by atoms with van der Waals surface area (Å²) in [7, 11) is 0. The van der Waals surface area contributed by atoms with Gasteiger partial charge in [-0.1, -0.05) is 0 Å². The summed E-state index contributed by atoms with van der Waals surface area (Å²) in [6, 6.07) is 0. The number of amidine groups is 1. The molecule has 0 spiro atoms. The lowest BCUT2D eigenvalue weighted by Crippen LogP contribution is -2.41. The summed E-state index contributed by atoms with van der Waals surface area (Å²) in [6.45, 7) is 5.66. The highest BCUT2D eigenvalue weighted by Crippen LogP contribution is 2.22. The maximum absolute atomic E-state index is 9.94. The third-order valence-electron chi connectivity index (χ3n) is 2.48. The minimum atomic E-state index is -0.607. The third-order valence-corrected chi connectivity index (χ3v) is 2.48. The number of fused-ring (bicyclic) bond motifs is 1. The summed E-state index contributed by atoms with van der Waals surface area (Å²) in [5.74, 6) is 0.700. The van der Waals surface area contributed by atoms with Crippen molar-refractivity contribution < 1.29 is 5.11 Å². The molecule has 0 aromatic carbocycles. The lowest BCUT2D eigenvalue weighted by molar-refractivity contribution is 0.113. The van der Waals surface area contributed by atoms with Crippen LogP contribution in [0.4, 0.5) is 0 Å². The number of hydrogen-bond donors (Lipinski definition) is 1. The van der Waals surface area contributed by atoms with E-state index in [0.717, 1.165) is 17.0 Å². The molecule has 0 saturated heterocycles. The average molecular weight is 191 g/mol. The van der Waals surface area contributed by atoms with Crippen LogP contribution >= 0.6 is 0 Å². The second kappa shape index (κ2) is 3.06. The molecule has 2 rings (SSSR count). The molecule has 0 saturated carbocycles. The zero-order valence-corrected chi connectivity index (χ0v) is 8.52. The van der Waals surface area contributed by atoms with Gasteiger partial charge in [-0.2, -0.15) is 0 Å². The van der Waals surface area contributed by atoms with Gasteiger partial charge in [0.2, 0.25) is 0 Å². The Morgan fingerprint density at radius 2 is 2.07 bits per heavy atom. The number of hydrogen-bond acceptors (Lipinski definition) is 4. The molecule has 1 N–H and O–H groups in total. The molecule has 2 heterocycles. The molecule has 1 atom stereocenters. The van der Waals surface area contributed by atoms with Crippen LogP contribution in [-0.4, -0.2) is 28.3 Å². The monoisotopic (exact) mass is 191 g/mol. The predicted octanol–water partition coefficient (Wildman–Crippen LogP) is 1.26. The predicted molar refractivity (Wildman–Crippen MR) is 55.9 cm³/mol. The van der Waals surface area contributed by atoms with E-state index in [1.807, 2.05) is 20.8 Å². The van der Waals surface area contributed by atoms with Crippen molar-refractivity contribution in [3.63, 3.8) is 0 Å². The van der Waals surface area contributed by atoms with Gasteiger partial charge in [-0.05, 0) is 26.3 Å². The standard InChI is InChI=1S/C10H13N3O/c1-6-5-13-9(4-11-6)12-8(3)7(2)10(13)14/h4-5,10,14H,1-3H3. The highest BCUT2D eigenvalue weighted by molar-refractivity contribution is 6.31. The Kier molecular flexibility index (Phi) is 2.00. The normalized spacial score (nSPS) is 26.0. The summed E-state index contributed by atoms with van der Waals surface area (Å²) < 4.78 is 0. The Balaban J connectivity index is 2.45. The van der Waals surface area contributed by atoms with Crippen molar-refractivity contribution in [2.45, 2.75) is 27.0 Å². The van der Waals surface area contributed by atoms with Crippen molar-refractivity contribution in [3.05, 3.63) is 23.2 Å². The van der Waals surface area contributed by atoms with Gasteiger partial charge in [0.1, 0.15) is 0 Å². The third kappa shape index (κ3) is 1.28. The lowest BCUT2D eigenvalue weighted by atomic mass is 10.1. The lowest BCUT2D eigenvalue weighted by Gasteiger charge is -2.32. The molecule has 0 aromatic rings. The molecule has 1 unspecified atom stereocenters. The first-order valence-electron chi connectivity index (χ1n) is 4.54. The Morgan fingerprint density at radius 1 is 1.36 bits per heavy atom. The van der Waals surface area contributed by atoms with Crippen molar-refractivity contribution in [2.24, 2.45) is 9.98 Å². The molecule has 0 aromatic heterocycles. The molecule has 0 bridgehead atoms. The van der Waals surface area contributed by atoms with E-state index in [1.54, 1.807) is 17.3 Å². The maximum Gasteiger partial charge on any atom is 0.156 e. The van der Waals surface area contributed by atoms with E-state index in [9.17, 15) is 5.11 Å². The fraction of sp³-hybridized carbons (Fsp3) is 0.400. The first-order chi connectivity index (χ1) is 6.59. The van der Waals surface area contributed by atoms with Gasteiger partial charge in [-0.3, -0.25) is 9.89 Å². The molecule has 74 valence electrons. The van der Waals surface area contributed by atoms with Crippen molar-refractivity contribution in [1.29, 1.82) is 0 Å². The van der Waals surface area contributed by atoms with Crippen LogP contribution in [0.2, 0.25) is 0 Å².